The molecule has 1 aliphatic carbocycles. The molecule has 0 bridgehead atoms. The van der Waals surface area contributed by atoms with E-state index >= 15 is 0 Å². The fraction of sp³-hybridized carbons (Fsp3) is 0.846. The number of oxime groups is 1. The Hall–Kier alpha value is -1.26. The van der Waals surface area contributed by atoms with E-state index in [4.69, 9.17) is 10.9 Å². The largest absolute Gasteiger partial charge is 0.409 e. The van der Waals surface area contributed by atoms with E-state index in [0.717, 1.165) is 12.3 Å². The molecule has 5 heteroatoms. The third-order valence-corrected chi connectivity index (χ3v) is 4.01. The van der Waals surface area contributed by atoms with Crippen molar-refractivity contribution < 1.29 is 10.0 Å². The zero-order valence-corrected chi connectivity index (χ0v) is 11.4. The Morgan fingerprint density at radius 2 is 2.06 bits per heavy atom. The molecule has 0 aromatic rings. The highest BCUT2D eigenvalue weighted by atomic mass is 16.4. The molecule has 0 radical (unpaired) electrons. The summed E-state index contributed by atoms with van der Waals surface area (Å²) in [7, 11) is 0. The van der Waals surface area contributed by atoms with Gasteiger partial charge in [0.05, 0.1) is 0 Å². The number of nitrogens with zero attached hydrogens (tertiary/aromatic N) is 1. The molecule has 1 rings (SSSR count). The summed E-state index contributed by atoms with van der Waals surface area (Å²) in [5.74, 6) is 0.763. The van der Waals surface area contributed by atoms with Crippen molar-refractivity contribution in [1.29, 1.82) is 0 Å². The molecule has 104 valence electrons. The number of rotatable bonds is 8. The summed E-state index contributed by atoms with van der Waals surface area (Å²) < 4.78 is 0. The van der Waals surface area contributed by atoms with Crippen LogP contribution in [0.3, 0.4) is 0 Å². The van der Waals surface area contributed by atoms with Gasteiger partial charge in [0.15, 0.2) is 5.84 Å². The van der Waals surface area contributed by atoms with Gasteiger partial charge in [-0.05, 0) is 31.6 Å². The van der Waals surface area contributed by atoms with Crippen molar-refractivity contribution in [3.63, 3.8) is 0 Å². The molecule has 0 spiro atoms. The highest BCUT2D eigenvalue weighted by molar-refractivity contribution is 6.06. The molecule has 1 aliphatic rings. The third-order valence-electron chi connectivity index (χ3n) is 4.01. The van der Waals surface area contributed by atoms with Gasteiger partial charge >= 0.3 is 0 Å². The number of carbonyl (C=O) groups is 1. The number of nitrogens with one attached hydrogen (secondary N) is 1. The van der Waals surface area contributed by atoms with Crippen molar-refractivity contribution in [2.45, 2.75) is 52.4 Å². The minimum absolute atomic E-state index is 0.00666. The van der Waals surface area contributed by atoms with Gasteiger partial charge in [0.25, 0.3) is 0 Å². The van der Waals surface area contributed by atoms with Gasteiger partial charge in [-0.2, -0.15) is 0 Å². The summed E-state index contributed by atoms with van der Waals surface area (Å²) in [6, 6.07) is 0. The molecule has 1 amide bonds. The van der Waals surface area contributed by atoms with Crippen molar-refractivity contribution in [1.82, 2.24) is 5.32 Å². The zero-order chi connectivity index (χ0) is 13.6. The molecular weight excluding hydrogens is 230 g/mol. The van der Waals surface area contributed by atoms with E-state index < -0.39 is 5.41 Å². The van der Waals surface area contributed by atoms with Gasteiger partial charge in [0.1, 0.15) is 5.41 Å². The maximum atomic E-state index is 12.2. The summed E-state index contributed by atoms with van der Waals surface area (Å²) in [4.78, 5) is 12.2. The quantitative estimate of drug-likeness (QED) is 0.203. The van der Waals surface area contributed by atoms with Crippen LogP contribution in [0.5, 0.6) is 0 Å². The second-order valence-electron chi connectivity index (χ2n) is 5.12. The lowest BCUT2D eigenvalue weighted by Crippen LogP contribution is -2.49. The van der Waals surface area contributed by atoms with E-state index in [2.05, 4.69) is 10.5 Å². The predicted octanol–water partition coefficient (Wildman–Crippen LogP) is 1.85. The number of nitrogens with two attached hydrogens (primary N) is 1. The molecular formula is C13H25N3O2. The van der Waals surface area contributed by atoms with Crippen LogP contribution in [-0.4, -0.2) is 23.5 Å². The molecule has 0 heterocycles. The Kier molecular flexibility index (Phi) is 5.44. The minimum Gasteiger partial charge on any atom is -0.409 e. The summed E-state index contributed by atoms with van der Waals surface area (Å²) >= 11 is 0. The molecule has 5 nitrogen and oxygen atoms in total. The summed E-state index contributed by atoms with van der Waals surface area (Å²) in [6.07, 6.45) is 5.95. The summed E-state index contributed by atoms with van der Waals surface area (Å²) in [5.41, 5.74) is 4.81. The monoisotopic (exact) mass is 255 g/mol. The van der Waals surface area contributed by atoms with Crippen LogP contribution in [0.4, 0.5) is 0 Å². The van der Waals surface area contributed by atoms with E-state index in [1.807, 2.05) is 13.8 Å². The minimum atomic E-state index is -0.867. The van der Waals surface area contributed by atoms with Gasteiger partial charge < -0.3 is 16.3 Å². The van der Waals surface area contributed by atoms with E-state index in [9.17, 15) is 4.79 Å². The molecule has 0 atom stereocenters. The SMILES string of the molecule is CCC(CC)(C(=O)NCCCC1CC1)C(N)=NO. The Bertz CT molecular complexity index is 307. The fourth-order valence-electron chi connectivity index (χ4n) is 2.31. The lowest BCUT2D eigenvalue weighted by atomic mass is 9.80. The first kappa shape index (κ1) is 14.8. The second-order valence-corrected chi connectivity index (χ2v) is 5.12. The summed E-state index contributed by atoms with van der Waals surface area (Å²) in [6.45, 7) is 4.44. The van der Waals surface area contributed by atoms with Crippen LogP contribution >= 0.6 is 0 Å². The van der Waals surface area contributed by atoms with Crippen molar-refractivity contribution >= 4 is 11.7 Å². The van der Waals surface area contributed by atoms with Crippen molar-refractivity contribution in [2.75, 3.05) is 6.54 Å². The van der Waals surface area contributed by atoms with Gasteiger partial charge in [-0.1, -0.05) is 31.8 Å². The fourth-order valence-corrected chi connectivity index (χ4v) is 2.31. The molecule has 0 aromatic heterocycles. The van der Waals surface area contributed by atoms with E-state index in [-0.39, 0.29) is 11.7 Å². The van der Waals surface area contributed by atoms with Crippen molar-refractivity contribution in [2.24, 2.45) is 22.2 Å². The van der Waals surface area contributed by atoms with Gasteiger partial charge in [-0.15, -0.1) is 0 Å². The van der Waals surface area contributed by atoms with Gasteiger partial charge in [0.2, 0.25) is 5.91 Å². The Morgan fingerprint density at radius 3 is 2.50 bits per heavy atom. The maximum absolute atomic E-state index is 12.2. The standard InChI is InChI=1S/C13H25N3O2/c1-3-13(4-2,11(14)16-18)12(17)15-9-5-6-10-7-8-10/h10,18H,3-9H2,1-2H3,(H2,14,16)(H,15,17). The van der Waals surface area contributed by atoms with E-state index in [0.29, 0.717) is 19.4 Å². The first-order chi connectivity index (χ1) is 8.60. The topological polar surface area (TPSA) is 87.7 Å². The molecule has 18 heavy (non-hydrogen) atoms. The summed E-state index contributed by atoms with van der Waals surface area (Å²) in [5, 5.41) is 14.8. The van der Waals surface area contributed by atoms with Crippen LogP contribution in [0.15, 0.2) is 5.16 Å². The predicted molar refractivity (Wildman–Crippen MR) is 71.4 cm³/mol. The van der Waals surface area contributed by atoms with Crippen molar-refractivity contribution in [3.05, 3.63) is 0 Å². The molecule has 0 aromatic carbocycles. The molecule has 1 saturated carbocycles. The Labute approximate surface area is 109 Å². The van der Waals surface area contributed by atoms with Crippen molar-refractivity contribution in [3.8, 4) is 0 Å². The maximum Gasteiger partial charge on any atom is 0.233 e. The van der Waals surface area contributed by atoms with Crippen LogP contribution in [0.25, 0.3) is 0 Å². The van der Waals surface area contributed by atoms with E-state index in [1.54, 1.807) is 0 Å². The lowest BCUT2D eigenvalue weighted by molar-refractivity contribution is -0.128. The first-order valence-electron chi connectivity index (χ1n) is 6.87. The van der Waals surface area contributed by atoms with Crippen LogP contribution in [0.1, 0.15) is 52.4 Å². The highest BCUT2D eigenvalue weighted by Gasteiger charge is 2.39. The number of amidine groups is 1. The number of carbonyl (C=O) groups excluding carboxylic acids is 1. The first-order valence-corrected chi connectivity index (χ1v) is 6.87. The van der Waals surface area contributed by atoms with Gasteiger partial charge in [-0.25, -0.2) is 0 Å². The number of hydrogen-bond acceptors (Lipinski definition) is 3. The molecule has 1 fully saturated rings. The smallest absolute Gasteiger partial charge is 0.233 e. The van der Waals surface area contributed by atoms with Crippen LogP contribution < -0.4 is 11.1 Å². The van der Waals surface area contributed by atoms with Crippen LogP contribution in [0.2, 0.25) is 0 Å². The van der Waals surface area contributed by atoms with Crippen LogP contribution in [-0.2, 0) is 4.79 Å². The molecule has 0 aliphatic heterocycles. The molecule has 0 unspecified atom stereocenters. The third kappa shape index (κ3) is 3.37. The van der Waals surface area contributed by atoms with Gasteiger partial charge in [0, 0.05) is 6.54 Å². The second kappa shape index (κ2) is 6.61. The average molecular weight is 255 g/mol. The highest BCUT2D eigenvalue weighted by Crippen LogP contribution is 2.33. The van der Waals surface area contributed by atoms with Crippen LogP contribution in [0, 0.1) is 11.3 Å². The molecule has 0 saturated heterocycles. The average Bonchev–Trinajstić information content (AvgIpc) is 3.20. The Morgan fingerprint density at radius 1 is 1.44 bits per heavy atom. The van der Waals surface area contributed by atoms with E-state index in [1.165, 1.54) is 19.3 Å². The molecule has 4 N–H and O–H groups in total. The number of amides is 1. The van der Waals surface area contributed by atoms with Gasteiger partial charge in [-0.3, -0.25) is 4.79 Å². The zero-order valence-electron chi connectivity index (χ0n) is 11.4. The Balaban J connectivity index is 2.47. The number of hydrogen-bond donors (Lipinski definition) is 3. The normalized spacial score (nSPS) is 16.7. The lowest BCUT2D eigenvalue weighted by Gasteiger charge is -2.28.